The topological polar surface area (TPSA) is 50.4 Å². The monoisotopic (exact) mass is 248 g/mol. The van der Waals surface area contributed by atoms with E-state index in [1.54, 1.807) is 7.11 Å². The Morgan fingerprint density at radius 1 is 1.56 bits per heavy atom. The normalized spacial score (nSPS) is 22.8. The van der Waals surface area contributed by atoms with Gasteiger partial charge < -0.3 is 15.4 Å². The van der Waals surface area contributed by atoms with E-state index >= 15 is 0 Å². The van der Waals surface area contributed by atoms with Gasteiger partial charge in [0, 0.05) is 6.54 Å². The predicted octanol–water partition coefficient (Wildman–Crippen LogP) is 1.11. The summed E-state index contributed by atoms with van der Waals surface area (Å²) in [6.07, 6.45) is 1.38. The van der Waals surface area contributed by atoms with E-state index in [0.717, 1.165) is 30.8 Å². The first-order chi connectivity index (χ1) is 8.61. The molecule has 0 aromatic heterocycles. The van der Waals surface area contributed by atoms with Crippen LogP contribution in [0.4, 0.5) is 0 Å². The molecule has 98 valence electrons. The molecular formula is C14H20N2O2. The summed E-state index contributed by atoms with van der Waals surface area (Å²) in [6, 6.07) is 7.62. The van der Waals surface area contributed by atoms with Crippen molar-refractivity contribution >= 4 is 5.91 Å². The Bertz CT molecular complexity index is 426. The maximum absolute atomic E-state index is 12.0. The van der Waals surface area contributed by atoms with Crippen LogP contribution < -0.4 is 15.4 Å². The molecule has 0 spiro atoms. The number of carbonyl (C=O) groups excluding carboxylic acids is 1. The van der Waals surface area contributed by atoms with Gasteiger partial charge in [0.1, 0.15) is 5.75 Å². The van der Waals surface area contributed by atoms with Crippen molar-refractivity contribution in [2.24, 2.45) is 0 Å². The van der Waals surface area contributed by atoms with Crippen LogP contribution in [-0.2, 0) is 11.2 Å². The molecular weight excluding hydrogens is 228 g/mol. The summed E-state index contributed by atoms with van der Waals surface area (Å²) in [4.78, 5) is 12.0. The van der Waals surface area contributed by atoms with E-state index < -0.39 is 0 Å². The summed E-state index contributed by atoms with van der Waals surface area (Å²) in [5, 5.41) is 6.36. The van der Waals surface area contributed by atoms with Crippen molar-refractivity contribution in [1.82, 2.24) is 10.6 Å². The van der Waals surface area contributed by atoms with Crippen molar-refractivity contribution in [2.45, 2.75) is 25.3 Å². The Morgan fingerprint density at radius 3 is 3.06 bits per heavy atom. The highest BCUT2D eigenvalue weighted by atomic mass is 16.5. The maximum atomic E-state index is 12.0. The minimum Gasteiger partial charge on any atom is -0.497 e. The molecule has 0 radical (unpaired) electrons. The maximum Gasteiger partial charge on any atom is 0.224 e. The molecule has 1 unspecified atom stereocenters. The minimum absolute atomic E-state index is 0.0643. The highest BCUT2D eigenvalue weighted by Crippen LogP contribution is 2.15. The van der Waals surface area contributed by atoms with Crippen LogP contribution in [0.5, 0.6) is 5.75 Å². The Hall–Kier alpha value is -1.55. The predicted molar refractivity (Wildman–Crippen MR) is 70.7 cm³/mol. The molecule has 1 aliphatic heterocycles. The number of hydrogen-bond donors (Lipinski definition) is 2. The first-order valence-corrected chi connectivity index (χ1v) is 6.26. The van der Waals surface area contributed by atoms with Crippen LogP contribution in [0.1, 0.15) is 18.9 Å². The van der Waals surface area contributed by atoms with Crippen molar-refractivity contribution in [3.63, 3.8) is 0 Å². The fourth-order valence-electron chi connectivity index (χ4n) is 2.27. The highest BCUT2D eigenvalue weighted by Gasteiger charge is 2.29. The minimum atomic E-state index is -0.101. The quantitative estimate of drug-likeness (QED) is 0.839. The molecule has 1 aliphatic rings. The lowest BCUT2D eigenvalue weighted by molar-refractivity contribution is -0.122. The Balaban J connectivity index is 1.94. The Labute approximate surface area is 108 Å². The smallest absolute Gasteiger partial charge is 0.224 e. The zero-order chi connectivity index (χ0) is 13.0. The van der Waals surface area contributed by atoms with Crippen LogP contribution in [-0.4, -0.2) is 31.6 Å². The standard InChI is InChI=1S/C14H20N2O2/c1-14(6-7-15-10-14)16-13(17)9-11-4-3-5-12(8-11)18-2/h3-5,8,15H,6-7,9-10H2,1-2H3,(H,16,17). The molecule has 1 aromatic carbocycles. The molecule has 1 fully saturated rings. The number of benzene rings is 1. The zero-order valence-electron chi connectivity index (χ0n) is 11.0. The van der Waals surface area contributed by atoms with E-state index in [1.807, 2.05) is 24.3 Å². The van der Waals surface area contributed by atoms with Gasteiger partial charge in [-0.05, 0) is 37.6 Å². The second kappa shape index (κ2) is 5.40. The molecule has 1 amide bonds. The van der Waals surface area contributed by atoms with Crippen LogP contribution in [0.2, 0.25) is 0 Å². The summed E-state index contributed by atoms with van der Waals surface area (Å²) in [6.45, 7) is 3.89. The molecule has 0 bridgehead atoms. The lowest BCUT2D eigenvalue weighted by Crippen LogP contribution is -2.48. The molecule has 18 heavy (non-hydrogen) atoms. The molecule has 1 aromatic rings. The molecule has 1 saturated heterocycles. The van der Waals surface area contributed by atoms with E-state index in [4.69, 9.17) is 4.74 Å². The Morgan fingerprint density at radius 2 is 2.39 bits per heavy atom. The van der Waals surface area contributed by atoms with Crippen molar-refractivity contribution in [3.8, 4) is 5.75 Å². The first kappa shape index (κ1) is 12.9. The molecule has 2 N–H and O–H groups in total. The van der Waals surface area contributed by atoms with E-state index in [-0.39, 0.29) is 11.4 Å². The van der Waals surface area contributed by atoms with Crippen LogP contribution in [0.25, 0.3) is 0 Å². The molecule has 1 heterocycles. The average molecular weight is 248 g/mol. The van der Waals surface area contributed by atoms with Gasteiger partial charge in [-0.25, -0.2) is 0 Å². The van der Waals surface area contributed by atoms with E-state index in [2.05, 4.69) is 17.6 Å². The van der Waals surface area contributed by atoms with Gasteiger partial charge in [0.2, 0.25) is 5.91 Å². The number of rotatable bonds is 4. The highest BCUT2D eigenvalue weighted by molar-refractivity contribution is 5.79. The second-order valence-electron chi connectivity index (χ2n) is 5.06. The van der Waals surface area contributed by atoms with Crippen LogP contribution in [0.3, 0.4) is 0 Å². The van der Waals surface area contributed by atoms with Crippen molar-refractivity contribution in [3.05, 3.63) is 29.8 Å². The molecule has 0 aliphatic carbocycles. The summed E-state index contributed by atoms with van der Waals surface area (Å²) in [5.74, 6) is 0.850. The third-order valence-electron chi connectivity index (χ3n) is 3.31. The van der Waals surface area contributed by atoms with Gasteiger partial charge >= 0.3 is 0 Å². The zero-order valence-corrected chi connectivity index (χ0v) is 11.0. The van der Waals surface area contributed by atoms with Crippen LogP contribution in [0.15, 0.2) is 24.3 Å². The summed E-state index contributed by atoms with van der Waals surface area (Å²) >= 11 is 0. The number of ether oxygens (including phenoxy) is 1. The largest absolute Gasteiger partial charge is 0.497 e. The fraction of sp³-hybridized carbons (Fsp3) is 0.500. The first-order valence-electron chi connectivity index (χ1n) is 6.26. The lowest BCUT2D eigenvalue weighted by Gasteiger charge is -2.24. The van der Waals surface area contributed by atoms with Crippen LogP contribution in [0, 0.1) is 0 Å². The fourth-order valence-corrected chi connectivity index (χ4v) is 2.27. The number of hydrogen-bond acceptors (Lipinski definition) is 3. The molecule has 1 atom stereocenters. The third kappa shape index (κ3) is 3.23. The number of nitrogens with one attached hydrogen (secondary N) is 2. The van der Waals surface area contributed by atoms with Gasteiger partial charge in [0.05, 0.1) is 19.1 Å². The number of amides is 1. The third-order valence-corrected chi connectivity index (χ3v) is 3.31. The van der Waals surface area contributed by atoms with Gasteiger partial charge in [-0.3, -0.25) is 4.79 Å². The van der Waals surface area contributed by atoms with Crippen molar-refractivity contribution in [2.75, 3.05) is 20.2 Å². The van der Waals surface area contributed by atoms with Gasteiger partial charge in [0.25, 0.3) is 0 Å². The molecule has 4 nitrogen and oxygen atoms in total. The van der Waals surface area contributed by atoms with E-state index in [0.29, 0.717) is 6.42 Å². The number of methoxy groups -OCH3 is 1. The van der Waals surface area contributed by atoms with Gasteiger partial charge in [-0.15, -0.1) is 0 Å². The Kier molecular flexibility index (Phi) is 3.87. The lowest BCUT2D eigenvalue weighted by atomic mass is 10.0. The average Bonchev–Trinajstić information content (AvgIpc) is 2.75. The van der Waals surface area contributed by atoms with Crippen molar-refractivity contribution in [1.29, 1.82) is 0 Å². The van der Waals surface area contributed by atoms with E-state index in [9.17, 15) is 4.79 Å². The molecule has 0 saturated carbocycles. The summed E-state index contributed by atoms with van der Waals surface area (Å²) in [7, 11) is 1.63. The molecule has 2 rings (SSSR count). The van der Waals surface area contributed by atoms with Crippen molar-refractivity contribution < 1.29 is 9.53 Å². The van der Waals surface area contributed by atoms with Crippen LogP contribution >= 0.6 is 0 Å². The summed E-state index contributed by atoms with van der Waals surface area (Å²) < 4.78 is 5.15. The van der Waals surface area contributed by atoms with Gasteiger partial charge in [-0.1, -0.05) is 12.1 Å². The van der Waals surface area contributed by atoms with E-state index in [1.165, 1.54) is 0 Å². The second-order valence-corrected chi connectivity index (χ2v) is 5.06. The summed E-state index contributed by atoms with van der Waals surface area (Å²) in [5.41, 5.74) is 0.872. The molecule has 4 heteroatoms. The number of carbonyl (C=O) groups is 1. The SMILES string of the molecule is COc1cccc(CC(=O)NC2(C)CCNC2)c1. The van der Waals surface area contributed by atoms with Gasteiger partial charge in [0.15, 0.2) is 0 Å². The van der Waals surface area contributed by atoms with Gasteiger partial charge in [-0.2, -0.15) is 0 Å².